The van der Waals surface area contributed by atoms with Crippen LogP contribution in [-0.2, 0) is 6.42 Å². The number of rotatable bonds is 6. The number of hydrogen-bond acceptors (Lipinski definition) is 4. The minimum atomic E-state index is -4.25. The third-order valence-corrected chi connectivity index (χ3v) is 2.60. The predicted octanol–water partition coefficient (Wildman–Crippen LogP) is 2.86. The fraction of sp³-hybridized carbons (Fsp3) is 0.667. The van der Waals surface area contributed by atoms with E-state index in [0.29, 0.717) is 23.6 Å². The van der Waals surface area contributed by atoms with Crippen molar-refractivity contribution in [3.8, 4) is 0 Å². The van der Waals surface area contributed by atoms with Gasteiger partial charge in [-0.05, 0) is 12.8 Å². The van der Waals surface area contributed by atoms with Gasteiger partial charge in [-0.25, -0.2) is 9.97 Å². The van der Waals surface area contributed by atoms with Crippen molar-refractivity contribution in [3.63, 3.8) is 0 Å². The van der Waals surface area contributed by atoms with Crippen LogP contribution < -0.4 is 10.2 Å². The van der Waals surface area contributed by atoms with Crippen LogP contribution in [0, 0.1) is 0 Å². The van der Waals surface area contributed by atoms with Gasteiger partial charge in [-0.1, -0.05) is 13.8 Å². The molecule has 19 heavy (non-hydrogen) atoms. The second-order valence-corrected chi connectivity index (χ2v) is 4.28. The third-order valence-electron chi connectivity index (χ3n) is 2.60. The Kier molecular flexibility index (Phi) is 5.38. The first-order valence-electron chi connectivity index (χ1n) is 6.24. The van der Waals surface area contributed by atoms with E-state index in [2.05, 4.69) is 15.3 Å². The minimum Gasteiger partial charge on any atom is -0.370 e. The van der Waals surface area contributed by atoms with Crippen molar-refractivity contribution >= 4 is 11.6 Å². The molecular formula is C12H19F3N4. The summed E-state index contributed by atoms with van der Waals surface area (Å²) in [7, 11) is 1.39. The maximum atomic E-state index is 12.4. The molecule has 0 bridgehead atoms. The van der Waals surface area contributed by atoms with E-state index in [9.17, 15) is 13.2 Å². The maximum Gasteiger partial charge on any atom is 0.405 e. The first-order valence-corrected chi connectivity index (χ1v) is 6.24. The number of hydrogen-bond donors (Lipinski definition) is 1. The molecule has 7 heteroatoms. The number of halogens is 3. The molecule has 1 heterocycles. The molecule has 1 aromatic heterocycles. The van der Waals surface area contributed by atoms with Gasteiger partial charge in [0.05, 0.1) is 0 Å². The van der Waals surface area contributed by atoms with Gasteiger partial charge in [0.2, 0.25) is 0 Å². The monoisotopic (exact) mass is 276 g/mol. The zero-order valence-electron chi connectivity index (χ0n) is 11.4. The summed E-state index contributed by atoms with van der Waals surface area (Å²) in [5.41, 5.74) is 0.711. The van der Waals surface area contributed by atoms with Gasteiger partial charge in [0, 0.05) is 19.2 Å². The van der Waals surface area contributed by atoms with E-state index in [0.717, 1.165) is 17.9 Å². The van der Waals surface area contributed by atoms with Crippen molar-refractivity contribution in [2.45, 2.75) is 32.9 Å². The lowest BCUT2D eigenvalue weighted by Gasteiger charge is -2.23. The Morgan fingerprint density at radius 3 is 2.47 bits per heavy atom. The summed E-state index contributed by atoms with van der Waals surface area (Å²) < 4.78 is 37.3. The van der Waals surface area contributed by atoms with Crippen LogP contribution >= 0.6 is 0 Å². The van der Waals surface area contributed by atoms with Gasteiger partial charge in [0.15, 0.2) is 0 Å². The summed E-state index contributed by atoms with van der Waals surface area (Å²) in [6.07, 6.45) is -1.47. The lowest BCUT2D eigenvalue weighted by atomic mass is 10.2. The van der Waals surface area contributed by atoms with Crippen molar-refractivity contribution in [3.05, 3.63) is 11.9 Å². The van der Waals surface area contributed by atoms with E-state index in [1.165, 1.54) is 13.4 Å². The van der Waals surface area contributed by atoms with E-state index in [1.807, 2.05) is 13.8 Å². The first-order chi connectivity index (χ1) is 8.89. The molecule has 0 aliphatic carbocycles. The molecule has 1 N–H and O–H groups in total. The Balaban J connectivity index is 2.99. The molecule has 0 saturated heterocycles. The quantitative estimate of drug-likeness (QED) is 0.867. The minimum absolute atomic E-state index is 0.327. The number of nitrogens with one attached hydrogen (secondary N) is 1. The van der Waals surface area contributed by atoms with Crippen molar-refractivity contribution in [1.29, 1.82) is 0 Å². The first kappa shape index (κ1) is 15.5. The summed E-state index contributed by atoms with van der Waals surface area (Å²) in [6, 6.07) is 0. The smallest absolute Gasteiger partial charge is 0.370 e. The summed E-state index contributed by atoms with van der Waals surface area (Å²) in [6.45, 7) is 3.59. The van der Waals surface area contributed by atoms with Crippen LogP contribution in [0.15, 0.2) is 6.33 Å². The van der Waals surface area contributed by atoms with Crippen LogP contribution in [0.2, 0.25) is 0 Å². The molecule has 0 aromatic carbocycles. The summed E-state index contributed by atoms with van der Waals surface area (Å²) in [5.74, 6) is 0.941. The fourth-order valence-corrected chi connectivity index (χ4v) is 1.80. The second kappa shape index (κ2) is 6.58. The Morgan fingerprint density at radius 2 is 1.95 bits per heavy atom. The van der Waals surface area contributed by atoms with Gasteiger partial charge in [-0.2, -0.15) is 13.2 Å². The zero-order valence-corrected chi connectivity index (χ0v) is 11.4. The highest BCUT2D eigenvalue weighted by Crippen LogP contribution is 2.26. The van der Waals surface area contributed by atoms with E-state index < -0.39 is 12.7 Å². The Morgan fingerprint density at radius 1 is 1.26 bits per heavy atom. The molecule has 1 rings (SSSR count). The molecule has 1 aromatic rings. The average molecular weight is 276 g/mol. The van der Waals surface area contributed by atoms with Gasteiger partial charge in [0.1, 0.15) is 24.5 Å². The molecule has 0 fully saturated rings. The number of nitrogens with zero attached hydrogens (tertiary/aromatic N) is 3. The van der Waals surface area contributed by atoms with Gasteiger partial charge >= 0.3 is 6.18 Å². The standard InChI is InChI=1S/C12H19F3N4/c1-4-6-16-10-9(5-2)11(18-8-17-10)19(3)7-12(13,14)15/h8H,4-7H2,1-3H3,(H,16,17,18). The highest BCUT2D eigenvalue weighted by molar-refractivity contribution is 5.58. The van der Waals surface area contributed by atoms with Gasteiger partial charge < -0.3 is 10.2 Å². The van der Waals surface area contributed by atoms with E-state index in [-0.39, 0.29) is 0 Å². The molecule has 0 aliphatic heterocycles. The molecule has 4 nitrogen and oxygen atoms in total. The molecule has 0 unspecified atom stereocenters. The summed E-state index contributed by atoms with van der Waals surface area (Å²) in [5, 5.41) is 3.11. The Hall–Kier alpha value is -1.53. The average Bonchev–Trinajstić information content (AvgIpc) is 2.33. The van der Waals surface area contributed by atoms with Crippen molar-refractivity contribution < 1.29 is 13.2 Å². The van der Waals surface area contributed by atoms with Gasteiger partial charge in [-0.3, -0.25) is 0 Å². The second-order valence-electron chi connectivity index (χ2n) is 4.28. The molecule has 0 spiro atoms. The van der Waals surface area contributed by atoms with Crippen molar-refractivity contribution in [1.82, 2.24) is 9.97 Å². The lowest BCUT2D eigenvalue weighted by Crippen LogP contribution is -2.32. The zero-order chi connectivity index (χ0) is 14.5. The fourth-order valence-electron chi connectivity index (χ4n) is 1.80. The Bertz CT molecular complexity index is 406. The maximum absolute atomic E-state index is 12.4. The van der Waals surface area contributed by atoms with Crippen molar-refractivity contribution in [2.75, 3.05) is 30.4 Å². The molecular weight excluding hydrogens is 257 g/mol. The SMILES string of the molecule is CCCNc1ncnc(N(C)CC(F)(F)F)c1CC. The summed E-state index contributed by atoms with van der Waals surface area (Å²) >= 11 is 0. The third kappa shape index (κ3) is 4.57. The number of aromatic nitrogens is 2. The lowest BCUT2D eigenvalue weighted by molar-refractivity contribution is -0.119. The van der Waals surface area contributed by atoms with Crippen LogP contribution in [0.5, 0.6) is 0 Å². The van der Waals surface area contributed by atoms with E-state index >= 15 is 0 Å². The van der Waals surface area contributed by atoms with Crippen molar-refractivity contribution in [2.24, 2.45) is 0 Å². The topological polar surface area (TPSA) is 41.1 Å². The predicted molar refractivity (Wildman–Crippen MR) is 69.5 cm³/mol. The molecule has 108 valence electrons. The van der Waals surface area contributed by atoms with E-state index in [1.54, 1.807) is 0 Å². The van der Waals surface area contributed by atoms with Gasteiger partial charge in [-0.15, -0.1) is 0 Å². The Labute approximate surface area is 111 Å². The highest BCUT2D eigenvalue weighted by atomic mass is 19.4. The van der Waals surface area contributed by atoms with E-state index in [4.69, 9.17) is 0 Å². The molecule has 0 atom stereocenters. The molecule has 0 radical (unpaired) electrons. The van der Waals surface area contributed by atoms with Gasteiger partial charge in [0.25, 0.3) is 0 Å². The number of alkyl halides is 3. The van der Waals surface area contributed by atoms with Crippen LogP contribution in [0.3, 0.4) is 0 Å². The highest BCUT2D eigenvalue weighted by Gasteiger charge is 2.30. The molecule has 0 saturated carbocycles. The van der Waals surface area contributed by atoms with Crippen LogP contribution in [-0.4, -0.2) is 36.3 Å². The van der Waals surface area contributed by atoms with Crippen LogP contribution in [0.25, 0.3) is 0 Å². The molecule has 0 aliphatic rings. The number of anilines is 2. The van der Waals surface area contributed by atoms with Crippen LogP contribution in [0.4, 0.5) is 24.8 Å². The molecule has 0 amide bonds. The largest absolute Gasteiger partial charge is 0.405 e. The normalized spacial score (nSPS) is 11.5. The van der Waals surface area contributed by atoms with Crippen LogP contribution in [0.1, 0.15) is 25.8 Å². The summed E-state index contributed by atoms with van der Waals surface area (Å²) in [4.78, 5) is 9.18.